The second kappa shape index (κ2) is 25.6. The monoisotopic (exact) mass is 1050 g/mol. The highest BCUT2D eigenvalue weighted by molar-refractivity contribution is 6.13. The number of carbonyl (C=O) groups is 2. The van der Waals surface area contributed by atoms with Crippen molar-refractivity contribution in [3.05, 3.63) is 232 Å². The summed E-state index contributed by atoms with van der Waals surface area (Å²) in [6.07, 6.45) is 0. The highest BCUT2D eigenvalue weighted by atomic mass is 19.1. The zero-order chi connectivity index (χ0) is 54.0. The smallest absolute Gasteiger partial charge is 0.794 e. The number of phenols is 1. The first-order chi connectivity index (χ1) is 36.2. The molecule has 394 valence electrons. The van der Waals surface area contributed by atoms with Crippen LogP contribution >= 0.6 is 0 Å². The number of aryl methyl sites for hydroxylation is 2. The number of aliphatic hydroxyl groups excluding tert-OH is 1. The first-order valence-corrected chi connectivity index (χ1v) is 22.3. The van der Waals surface area contributed by atoms with E-state index in [-0.39, 0.29) is 29.9 Å². The molecule has 1 spiro atoms. The van der Waals surface area contributed by atoms with Gasteiger partial charge in [0.05, 0.1) is 32.2 Å². The third kappa shape index (κ3) is 11.3. The van der Waals surface area contributed by atoms with Crippen LogP contribution in [0.15, 0.2) is 187 Å². The lowest BCUT2D eigenvalue weighted by atomic mass is 9.80. The van der Waals surface area contributed by atoms with E-state index in [9.17, 15) is 31.9 Å². The number of aromatic hydroxyl groups is 1. The van der Waals surface area contributed by atoms with E-state index < -0.39 is 46.3 Å². The minimum atomic E-state index is -1.10. The van der Waals surface area contributed by atoms with E-state index in [1.165, 1.54) is 12.1 Å². The van der Waals surface area contributed by atoms with Crippen molar-refractivity contribution in [3.63, 3.8) is 0 Å². The molecule has 15 nitrogen and oxygen atoms in total. The number of carbonyl (C=O) groups excluding carboxylic acids is 2. The van der Waals surface area contributed by atoms with Crippen LogP contribution in [0.4, 0.5) is 28.9 Å². The van der Waals surface area contributed by atoms with Gasteiger partial charge in [0.15, 0.2) is 34.4 Å². The highest BCUT2D eigenvalue weighted by Gasteiger charge is 2.60. The molecule has 19 heteroatoms. The number of hydrogen-bond donors (Lipinski definition) is 4. The Labute approximate surface area is 436 Å². The lowest BCUT2D eigenvalue weighted by molar-refractivity contribution is -0.617. The molecule has 0 unspecified atom stereocenters. The first-order valence-electron chi connectivity index (χ1n) is 22.3. The first kappa shape index (κ1) is 58.3. The fraction of sp³-hybridized carbons (Fsp3) is 0.0862. The molecule has 5 N–H and O–H groups in total. The van der Waals surface area contributed by atoms with Gasteiger partial charge in [0, 0.05) is 59.5 Å². The largest absolute Gasteiger partial charge is 0.870 e. The van der Waals surface area contributed by atoms with Crippen LogP contribution in [0.25, 0.3) is 43.6 Å². The SMILES string of the molecule is C.CN1c2ccccc2C2(OOC2=O)c2ccccc21.C[n+]1c2ccccc2c(C(=O)Oc2c(F)cccc2F)c2ccccc21.Cn1c2ccccc2c(=O)c2ccccc21.O=[C+]O.OO.Oc1c(F)cccc1F.[OH-]. The van der Waals surface area contributed by atoms with Gasteiger partial charge in [-0.1, -0.05) is 104 Å². The van der Waals surface area contributed by atoms with Crippen molar-refractivity contribution in [1.29, 1.82) is 0 Å². The summed E-state index contributed by atoms with van der Waals surface area (Å²) < 4.78 is 61.1. The molecule has 0 saturated carbocycles. The van der Waals surface area contributed by atoms with E-state index in [1.54, 1.807) is 24.3 Å². The Bertz CT molecular complexity index is 3610. The lowest BCUT2D eigenvalue weighted by Crippen LogP contribution is -2.53. The second-order valence-electron chi connectivity index (χ2n) is 16.2. The Kier molecular flexibility index (Phi) is 19.3. The summed E-state index contributed by atoms with van der Waals surface area (Å²) in [6, 6.07) is 52.0. The zero-order valence-electron chi connectivity index (χ0n) is 40.3. The lowest BCUT2D eigenvalue weighted by Gasteiger charge is -2.44. The van der Waals surface area contributed by atoms with Crippen molar-refractivity contribution >= 4 is 73.4 Å². The molecule has 12 rings (SSSR count). The van der Waals surface area contributed by atoms with Gasteiger partial charge in [-0.05, 0) is 72.8 Å². The van der Waals surface area contributed by atoms with Crippen molar-refractivity contribution in [3.8, 4) is 11.5 Å². The maximum atomic E-state index is 13.9. The van der Waals surface area contributed by atoms with Gasteiger partial charge in [-0.25, -0.2) is 32.3 Å². The predicted octanol–water partition coefficient (Wildman–Crippen LogP) is 11.3. The maximum Gasteiger partial charge on any atom is 0.794 e. The van der Waals surface area contributed by atoms with Crippen molar-refractivity contribution in [2.75, 3.05) is 11.9 Å². The molecule has 0 radical (unpaired) electrons. The van der Waals surface area contributed by atoms with E-state index in [0.29, 0.717) is 17.2 Å². The highest BCUT2D eigenvalue weighted by Crippen LogP contribution is 2.53. The van der Waals surface area contributed by atoms with Gasteiger partial charge in [0.25, 0.3) is 5.60 Å². The number of esters is 1. The molecule has 2 aliphatic heterocycles. The van der Waals surface area contributed by atoms with Crippen molar-refractivity contribution < 1.29 is 77.2 Å². The Morgan fingerprint density at radius 2 is 0.974 bits per heavy atom. The summed E-state index contributed by atoms with van der Waals surface area (Å²) in [6.45, 7) is 0.500. The molecule has 0 aliphatic carbocycles. The molecular formula is C58H48F4N3O12+. The van der Waals surface area contributed by atoms with E-state index in [4.69, 9.17) is 35.1 Å². The summed E-state index contributed by atoms with van der Waals surface area (Å²) in [5.74, 6) is -6.49. The minimum Gasteiger partial charge on any atom is -0.870 e. The van der Waals surface area contributed by atoms with Crippen LogP contribution < -0.4 is 19.6 Å². The predicted molar refractivity (Wildman–Crippen MR) is 280 cm³/mol. The van der Waals surface area contributed by atoms with Crippen molar-refractivity contribution in [2.24, 2.45) is 14.1 Å². The van der Waals surface area contributed by atoms with Crippen LogP contribution in [-0.4, -0.2) is 56.2 Å². The number of benzene rings is 8. The number of aromatic nitrogens is 2. The number of hydrogen-bond acceptors (Lipinski definition) is 12. The fourth-order valence-electron chi connectivity index (χ4n) is 8.72. The molecule has 0 atom stereocenters. The summed E-state index contributed by atoms with van der Waals surface area (Å²) in [4.78, 5) is 57.4. The van der Waals surface area contributed by atoms with E-state index >= 15 is 0 Å². The van der Waals surface area contributed by atoms with Crippen LogP contribution in [-0.2, 0) is 39.1 Å². The Balaban J connectivity index is 0.000000191. The standard InChI is InChI=1S/C21H14F2NO2.C15H11NO3.C14H11NO.C6H4F2O.CHO2.CH4.H2O2.H2O/c1-24-17-11-4-2-7-13(17)19(14-8-3-5-12-18(14)24)21(25)26-20-15(22)9-6-10-16(20)23;1-16-12-8-4-2-6-10(12)15(14(17)18-19-15)11-7-3-5-9-13(11)16;1-15-12-8-4-2-6-10(12)14(16)11-7-3-5-9-13(11)15;7-4-2-1-3-5(8)6(4)9;2-1-3;;1-2;/h2-12H,1H3;2-9H,1H3;2-9H,1H3;1-3,9H;(H,2,3);1H4;1-2H;1H2/q+1;;;;+1;;;/p-1. The zero-order valence-corrected chi connectivity index (χ0v) is 40.3. The average molecular weight is 1060 g/mol. The molecule has 0 amide bonds. The summed E-state index contributed by atoms with van der Waals surface area (Å²) in [5.41, 5.74) is 6.44. The summed E-state index contributed by atoms with van der Waals surface area (Å²) in [5, 5.41) is 30.1. The molecule has 2 aliphatic rings. The number of para-hydroxylation sites is 8. The molecule has 1 fully saturated rings. The number of anilines is 2. The van der Waals surface area contributed by atoms with Crippen LogP contribution in [0.1, 0.15) is 28.9 Å². The molecule has 4 heterocycles. The number of ether oxygens (including phenoxy) is 1. The number of rotatable bonds is 2. The van der Waals surface area contributed by atoms with Gasteiger partial charge < -0.3 is 24.8 Å². The average Bonchev–Trinajstić information content (AvgIpc) is 3.53. The van der Waals surface area contributed by atoms with Gasteiger partial charge in [-0.2, -0.15) is 9.45 Å². The van der Waals surface area contributed by atoms with Crippen LogP contribution in [0.2, 0.25) is 0 Å². The van der Waals surface area contributed by atoms with Gasteiger partial charge in [0.1, 0.15) is 7.05 Å². The van der Waals surface area contributed by atoms with Gasteiger partial charge in [-0.3, -0.25) is 20.2 Å². The number of nitrogens with zero attached hydrogens (tertiary/aromatic N) is 3. The topological polar surface area (TPSA) is 219 Å². The number of halogens is 4. The Morgan fingerprint density at radius 3 is 1.38 bits per heavy atom. The number of pyridine rings is 2. The van der Waals surface area contributed by atoms with E-state index in [1.807, 2.05) is 147 Å². The molecule has 77 heavy (non-hydrogen) atoms. The van der Waals surface area contributed by atoms with Crippen molar-refractivity contribution in [2.45, 2.75) is 13.0 Å². The van der Waals surface area contributed by atoms with E-state index in [0.717, 1.165) is 79.6 Å². The number of phenolic OH excluding ortho intramolecular Hbond substituents is 1. The van der Waals surface area contributed by atoms with E-state index in [2.05, 4.69) is 14.4 Å². The molecule has 2 aromatic heterocycles. The fourth-order valence-corrected chi connectivity index (χ4v) is 8.72. The molecule has 0 bridgehead atoms. The summed E-state index contributed by atoms with van der Waals surface area (Å²) >= 11 is 0. The normalized spacial score (nSPS) is 11.9. The summed E-state index contributed by atoms with van der Waals surface area (Å²) in [7, 11) is 5.87. The number of fused-ring (bicyclic) bond motifs is 8. The molecule has 10 aromatic rings. The maximum absolute atomic E-state index is 13.9. The Hall–Kier alpha value is -9.62. The van der Waals surface area contributed by atoms with Crippen LogP contribution in [0.3, 0.4) is 0 Å². The Morgan fingerprint density at radius 1 is 0.597 bits per heavy atom. The third-order valence-electron chi connectivity index (χ3n) is 12.2. The van der Waals surface area contributed by atoms with Crippen LogP contribution in [0, 0.1) is 23.3 Å². The van der Waals surface area contributed by atoms with Crippen molar-refractivity contribution in [1.82, 2.24) is 4.57 Å². The molecule has 8 aromatic carbocycles. The van der Waals surface area contributed by atoms with Crippen LogP contribution in [0.5, 0.6) is 11.5 Å². The molecule has 1 saturated heterocycles. The molecular weight excluding hydrogens is 1010 g/mol. The third-order valence-corrected chi connectivity index (χ3v) is 12.2. The van der Waals surface area contributed by atoms with Gasteiger partial charge in [0.2, 0.25) is 16.8 Å². The quantitative estimate of drug-likeness (QED) is 0.0185. The van der Waals surface area contributed by atoms with Gasteiger partial charge >= 0.3 is 18.4 Å². The second-order valence-corrected chi connectivity index (χ2v) is 16.2. The van der Waals surface area contributed by atoms with Gasteiger partial charge in [-0.15, -0.1) is 0 Å². The minimum absolute atomic E-state index is 0.